The van der Waals surface area contributed by atoms with E-state index in [4.69, 9.17) is 16.9 Å². The zero-order valence-corrected chi connectivity index (χ0v) is 14.7. The van der Waals surface area contributed by atoms with Crippen LogP contribution in [0.1, 0.15) is 25.0 Å². The number of benzene rings is 2. The van der Waals surface area contributed by atoms with Crippen LogP contribution in [-0.4, -0.2) is 14.5 Å². The molecule has 0 radical (unpaired) electrons. The largest absolute Gasteiger partial charge is 0.264 e. The molecule has 0 saturated carbocycles. The second-order valence-electron chi connectivity index (χ2n) is 5.49. The smallest absolute Gasteiger partial charge is 0.262 e. The molecule has 2 aromatic carbocycles. The highest BCUT2D eigenvalue weighted by Gasteiger charge is 2.29. The molecule has 0 unspecified atom stereocenters. The predicted molar refractivity (Wildman–Crippen MR) is 92.1 cm³/mol. The van der Waals surface area contributed by atoms with E-state index < -0.39 is 10.0 Å². The molecular weight excluding hydrogens is 332 g/mol. The minimum atomic E-state index is -3.75. The van der Waals surface area contributed by atoms with E-state index in [9.17, 15) is 8.42 Å². The first-order valence-electron chi connectivity index (χ1n) is 7.08. The number of nitriles is 1. The van der Waals surface area contributed by atoms with Crippen LogP contribution in [0.25, 0.3) is 0 Å². The Bertz CT molecular complexity index is 853. The van der Waals surface area contributed by atoms with Gasteiger partial charge in [-0.25, -0.2) is 8.42 Å². The fourth-order valence-electron chi connectivity index (χ4n) is 2.26. The molecule has 0 amide bonds. The van der Waals surface area contributed by atoms with E-state index in [1.807, 2.05) is 13.0 Å². The molecule has 23 heavy (non-hydrogen) atoms. The maximum atomic E-state index is 13.0. The van der Waals surface area contributed by atoms with E-state index in [2.05, 4.69) is 0 Å². The summed E-state index contributed by atoms with van der Waals surface area (Å²) in [6, 6.07) is 12.9. The van der Waals surface area contributed by atoms with Crippen LogP contribution in [0, 0.1) is 18.3 Å². The lowest BCUT2D eigenvalue weighted by Crippen LogP contribution is -2.37. The fraction of sp³-hybridized carbons (Fsp3) is 0.235. The van der Waals surface area contributed by atoms with Crippen LogP contribution < -0.4 is 4.31 Å². The lowest BCUT2D eigenvalue weighted by atomic mass is 10.2. The van der Waals surface area contributed by atoms with Crippen molar-refractivity contribution < 1.29 is 8.42 Å². The van der Waals surface area contributed by atoms with Gasteiger partial charge in [-0.1, -0.05) is 29.3 Å². The van der Waals surface area contributed by atoms with Crippen molar-refractivity contribution >= 4 is 27.3 Å². The summed E-state index contributed by atoms with van der Waals surface area (Å²) in [6.45, 7) is 5.45. The summed E-state index contributed by atoms with van der Waals surface area (Å²) < 4.78 is 27.3. The van der Waals surface area contributed by atoms with Gasteiger partial charge in [0.25, 0.3) is 10.0 Å². The summed E-state index contributed by atoms with van der Waals surface area (Å²) >= 11 is 6.21. The molecule has 2 aromatic rings. The molecule has 120 valence electrons. The minimum Gasteiger partial charge on any atom is -0.262 e. The third kappa shape index (κ3) is 3.49. The highest BCUT2D eigenvalue weighted by molar-refractivity contribution is 7.92. The van der Waals surface area contributed by atoms with E-state index in [-0.39, 0.29) is 16.0 Å². The van der Waals surface area contributed by atoms with Gasteiger partial charge in [-0.05, 0) is 51.1 Å². The van der Waals surface area contributed by atoms with Crippen LogP contribution in [0.15, 0.2) is 47.4 Å². The summed E-state index contributed by atoms with van der Waals surface area (Å²) in [5.41, 5.74) is 1.73. The summed E-state index contributed by atoms with van der Waals surface area (Å²) in [5, 5.41) is 9.15. The molecule has 0 aliphatic rings. The van der Waals surface area contributed by atoms with Gasteiger partial charge in [-0.2, -0.15) is 5.26 Å². The molecular formula is C17H17ClN2O2S. The van der Waals surface area contributed by atoms with Crippen molar-refractivity contribution in [1.82, 2.24) is 0 Å². The minimum absolute atomic E-state index is 0.206. The van der Waals surface area contributed by atoms with E-state index >= 15 is 0 Å². The van der Waals surface area contributed by atoms with Gasteiger partial charge in [0.05, 0.1) is 27.2 Å². The van der Waals surface area contributed by atoms with Crippen LogP contribution in [0.2, 0.25) is 5.02 Å². The molecule has 0 aliphatic carbocycles. The Balaban J connectivity index is 2.59. The lowest BCUT2D eigenvalue weighted by molar-refractivity contribution is 0.584. The van der Waals surface area contributed by atoms with Gasteiger partial charge in [-0.3, -0.25) is 4.31 Å². The van der Waals surface area contributed by atoms with Gasteiger partial charge < -0.3 is 0 Å². The van der Waals surface area contributed by atoms with Crippen molar-refractivity contribution in [2.75, 3.05) is 4.31 Å². The van der Waals surface area contributed by atoms with Gasteiger partial charge in [0.1, 0.15) is 0 Å². The average molecular weight is 349 g/mol. The van der Waals surface area contributed by atoms with Crippen molar-refractivity contribution in [2.24, 2.45) is 0 Å². The van der Waals surface area contributed by atoms with Crippen LogP contribution >= 0.6 is 11.6 Å². The number of hydrogen-bond acceptors (Lipinski definition) is 3. The highest BCUT2D eigenvalue weighted by Crippen LogP contribution is 2.33. The van der Waals surface area contributed by atoms with Crippen molar-refractivity contribution in [3.63, 3.8) is 0 Å². The number of hydrogen-bond donors (Lipinski definition) is 0. The van der Waals surface area contributed by atoms with Crippen molar-refractivity contribution in [3.8, 4) is 6.07 Å². The monoisotopic (exact) mass is 348 g/mol. The first kappa shape index (κ1) is 17.3. The molecule has 6 heteroatoms. The lowest BCUT2D eigenvalue weighted by Gasteiger charge is -2.29. The summed E-state index contributed by atoms with van der Waals surface area (Å²) in [4.78, 5) is 0.206. The van der Waals surface area contributed by atoms with E-state index in [0.717, 1.165) is 5.56 Å². The number of nitrogens with zero attached hydrogens (tertiary/aromatic N) is 2. The van der Waals surface area contributed by atoms with Crippen molar-refractivity contribution in [2.45, 2.75) is 31.7 Å². The Labute approximate surface area is 142 Å². The maximum absolute atomic E-state index is 13.0. The fourth-order valence-corrected chi connectivity index (χ4v) is 4.27. The SMILES string of the molecule is Cc1ccc(S(=O)(=O)N(c2ccc(C#N)cc2Cl)C(C)C)cc1. The molecule has 4 nitrogen and oxygen atoms in total. The molecule has 0 heterocycles. The zero-order chi connectivity index (χ0) is 17.2. The standard InChI is InChI=1S/C17H17ClN2O2S/c1-12(2)20(17-9-6-14(11-19)10-16(17)18)23(21,22)15-7-4-13(3)5-8-15/h4-10,12H,1-3H3. The summed E-state index contributed by atoms with van der Waals surface area (Å²) in [7, 11) is -3.75. The van der Waals surface area contributed by atoms with E-state index in [0.29, 0.717) is 11.3 Å². The molecule has 0 saturated heterocycles. The normalized spacial score (nSPS) is 11.3. The van der Waals surface area contributed by atoms with E-state index in [1.54, 1.807) is 50.2 Å². The highest BCUT2D eigenvalue weighted by atomic mass is 35.5. The Morgan fingerprint density at radius 3 is 2.22 bits per heavy atom. The second-order valence-corrected chi connectivity index (χ2v) is 7.71. The molecule has 2 rings (SSSR count). The van der Waals surface area contributed by atoms with Gasteiger partial charge in [0.15, 0.2) is 0 Å². The maximum Gasteiger partial charge on any atom is 0.264 e. The van der Waals surface area contributed by atoms with Gasteiger partial charge >= 0.3 is 0 Å². The topological polar surface area (TPSA) is 61.2 Å². The second kappa shape index (κ2) is 6.61. The van der Waals surface area contributed by atoms with Crippen LogP contribution in [0.5, 0.6) is 0 Å². The summed E-state index contributed by atoms with van der Waals surface area (Å²) in [5.74, 6) is 0. The number of halogens is 1. The number of anilines is 1. The Morgan fingerprint density at radius 1 is 1.13 bits per heavy atom. The zero-order valence-electron chi connectivity index (χ0n) is 13.1. The van der Waals surface area contributed by atoms with Crippen molar-refractivity contribution in [1.29, 1.82) is 5.26 Å². The molecule has 0 bridgehead atoms. The molecule has 0 atom stereocenters. The first-order valence-corrected chi connectivity index (χ1v) is 8.90. The van der Waals surface area contributed by atoms with Gasteiger partial charge in [0.2, 0.25) is 0 Å². The van der Waals surface area contributed by atoms with Crippen LogP contribution in [0.3, 0.4) is 0 Å². The third-order valence-electron chi connectivity index (χ3n) is 3.36. The molecule has 0 spiro atoms. The molecule has 0 aliphatic heterocycles. The van der Waals surface area contributed by atoms with Crippen LogP contribution in [-0.2, 0) is 10.0 Å². The first-order chi connectivity index (χ1) is 10.8. The molecule has 0 aromatic heterocycles. The Kier molecular flexibility index (Phi) is 4.98. The predicted octanol–water partition coefficient (Wildman–Crippen LogP) is 4.12. The molecule has 0 fully saturated rings. The average Bonchev–Trinajstić information content (AvgIpc) is 2.49. The van der Waals surface area contributed by atoms with Crippen LogP contribution in [0.4, 0.5) is 5.69 Å². The van der Waals surface area contributed by atoms with E-state index in [1.165, 1.54) is 10.4 Å². The Hall–Kier alpha value is -2.03. The van der Waals surface area contributed by atoms with Crippen molar-refractivity contribution in [3.05, 3.63) is 58.6 Å². The third-order valence-corrected chi connectivity index (χ3v) is 5.67. The molecule has 0 N–H and O–H groups in total. The summed E-state index contributed by atoms with van der Waals surface area (Å²) in [6.07, 6.45) is 0. The van der Waals surface area contributed by atoms with Gasteiger partial charge in [-0.15, -0.1) is 0 Å². The number of rotatable bonds is 4. The number of aryl methyl sites for hydroxylation is 1. The Morgan fingerprint density at radius 2 is 1.74 bits per heavy atom. The van der Waals surface area contributed by atoms with Gasteiger partial charge in [0, 0.05) is 6.04 Å². The number of sulfonamides is 1. The quantitative estimate of drug-likeness (QED) is 0.834.